The highest BCUT2D eigenvalue weighted by atomic mass is 32.2. The van der Waals surface area contributed by atoms with E-state index in [9.17, 15) is 8.42 Å². The highest BCUT2D eigenvalue weighted by Crippen LogP contribution is 2.22. The van der Waals surface area contributed by atoms with Crippen molar-refractivity contribution in [2.24, 2.45) is 0 Å². The highest BCUT2D eigenvalue weighted by Gasteiger charge is 2.19. The molecule has 0 aliphatic rings. The van der Waals surface area contributed by atoms with E-state index in [0.717, 1.165) is 16.8 Å². The van der Waals surface area contributed by atoms with E-state index >= 15 is 0 Å². The summed E-state index contributed by atoms with van der Waals surface area (Å²) in [6.07, 6.45) is 0. The van der Waals surface area contributed by atoms with Crippen molar-refractivity contribution in [2.45, 2.75) is 39.1 Å². The van der Waals surface area contributed by atoms with Crippen LogP contribution in [0, 0.1) is 27.7 Å². The molecule has 0 aliphatic carbocycles. The summed E-state index contributed by atoms with van der Waals surface area (Å²) in [6.45, 7) is 7.30. The molecule has 0 amide bonds. The molecule has 6 nitrogen and oxygen atoms in total. The van der Waals surface area contributed by atoms with E-state index in [2.05, 4.69) is 9.71 Å². The quantitative estimate of drug-likeness (QED) is 0.841. The van der Waals surface area contributed by atoms with Gasteiger partial charge in [-0.2, -0.15) is 0 Å². The van der Waals surface area contributed by atoms with Crippen molar-refractivity contribution in [1.82, 2.24) is 9.71 Å². The third-order valence-corrected chi connectivity index (χ3v) is 4.86. The largest absolute Gasteiger partial charge is 0.444 e. The van der Waals surface area contributed by atoms with Gasteiger partial charge in [-0.1, -0.05) is 0 Å². The second kappa shape index (κ2) is 5.50. The normalized spacial score (nSPS) is 11.8. The van der Waals surface area contributed by atoms with Gasteiger partial charge in [-0.25, -0.2) is 18.1 Å². The summed E-state index contributed by atoms with van der Waals surface area (Å²) in [5.74, 6) is 1.01. The first-order valence-corrected chi connectivity index (χ1v) is 7.98. The fourth-order valence-electron chi connectivity index (χ4n) is 1.89. The van der Waals surface area contributed by atoms with Gasteiger partial charge in [0.1, 0.15) is 10.7 Å². The molecule has 0 radical (unpaired) electrons. The summed E-state index contributed by atoms with van der Waals surface area (Å²) in [5.41, 5.74) is 8.61. The van der Waals surface area contributed by atoms with Gasteiger partial charge in [0.15, 0.2) is 0 Å². The first-order valence-electron chi connectivity index (χ1n) is 6.50. The number of rotatable bonds is 4. The molecule has 3 N–H and O–H groups in total. The molecule has 0 saturated heterocycles. The zero-order valence-corrected chi connectivity index (χ0v) is 13.3. The second-order valence-electron chi connectivity index (χ2n) is 5.05. The third-order valence-electron chi connectivity index (χ3n) is 3.40. The number of nitrogens with one attached hydrogen (secondary N) is 1. The van der Waals surface area contributed by atoms with E-state index in [1.165, 1.54) is 0 Å². The number of hydrogen-bond donors (Lipinski definition) is 2. The molecule has 1 aromatic heterocycles. The number of nitrogens with two attached hydrogens (primary N) is 1. The maximum Gasteiger partial charge on any atom is 0.243 e. The summed E-state index contributed by atoms with van der Waals surface area (Å²) in [5, 5.41) is 0. The average Bonchev–Trinajstić information content (AvgIpc) is 2.71. The Morgan fingerprint density at radius 2 is 1.81 bits per heavy atom. The molecule has 0 unspecified atom stereocenters. The van der Waals surface area contributed by atoms with Gasteiger partial charge in [-0.05, 0) is 51.0 Å². The zero-order valence-electron chi connectivity index (χ0n) is 12.5. The predicted octanol–water partition coefficient (Wildman–Crippen LogP) is 1.97. The topological polar surface area (TPSA) is 98.2 Å². The van der Waals surface area contributed by atoms with Crippen LogP contribution >= 0.6 is 0 Å². The lowest BCUT2D eigenvalue weighted by Crippen LogP contribution is -2.24. The number of nitrogen functional groups attached to an aromatic ring is 1. The fourth-order valence-corrected chi connectivity index (χ4v) is 3.06. The minimum Gasteiger partial charge on any atom is -0.444 e. The number of hydrogen-bond acceptors (Lipinski definition) is 5. The van der Waals surface area contributed by atoms with Crippen LogP contribution in [0.3, 0.4) is 0 Å². The number of oxazole rings is 1. The van der Waals surface area contributed by atoms with E-state index in [4.69, 9.17) is 10.2 Å². The van der Waals surface area contributed by atoms with Crippen molar-refractivity contribution in [3.05, 3.63) is 40.6 Å². The number of aryl methyl sites for hydroxylation is 4. The molecule has 0 aliphatic heterocycles. The molecule has 0 saturated carbocycles. The lowest BCUT2D eigenvalue weighted by Gasteiger charge is -2.10. The van der Waals surface area contributed by atoms with Crippen molar-refractivity contribution in [1.29, 1.82) is 0 Å². The van der Waals surface area contributed by atoms with Crippen LogP contribution in [0.25, 0.3) is 0 Å². The minimum atomic E-state index is -3.71. The molecular formula is C14H19N3O3S. The average molecular weight is 309 g/mol. The molecule has 7 heteroatoms. The van der Waals surface area contributed by atoms with Crippen molar-refractivity contribution in [2.75, 3.05) is 5.73 Å². The zero-order chi connectivity index (χ0) is 15.8. The predicted molar refractivity (Wildman–Crippen MR) is 80.3 cm³/mol. The number of benzene rings is 1. The Morgan fingerprint density at radius 1 is 1.19 bits per heavy atom. The monoisotopic (exact) mass is 309 g/mol. The molecular weight excluding hydrogens is 290 g/mol. The maximum absolute atomic E-state index is 12.3. The van der Waals surface area contributed by atoms with E-state index in [1.807, 2.05) is 13.8 Å². The Balaban J connectivity index is 2.24. The highest BCUT2D eigenvalue weighted by molar-refractivity contribution is 7.89. The van der Waals surface area contributed by atoms with Gasteiger partial charge in [0, 0.05) is 0 Å². The van der Waals surface area contributed by atoms with Gasteiger partial charge >= 0.3 is 0 Å². The Kier molecular flexibility index (Phi) is 4.06. The maximum atomic E-state index is 12.3. The first-order chi connectivity index (χ1) is 9.70. The Bertz CT molecular complexity index is 760. The van der Waals surface area contributed by atoms with Crippen LogP contribution in [0.2, 0.25) is 0 Å². The SMILES string of the molecule is Cc1cc(N)c(S(=O)(=O)NCc2nc(C)c(C)o2)cc1C. The number of anilines is 1. The molecule has 2 rings (SSSR count). The first kappa shape index (κ1) is 15.5. The van der Waals surface area contributed by atoms with Crippen LogP contribution in [-0.4, -0.2) is 13.4 Å². The Labute approximate surface area is 124 Å². The fraction of sp³-hybridized carbons (Fsp3) is 0.357. The van der Waals surface area contributed by atoms with Crippen LogP contribution in [0.1, 0.15) is 28.5 Å². The molecule has 0 bridgehead atoms. The molecule has 1 heterocycles. The van der Waals surface area contributed by atoms with Crippen LogP contribution in [-0.2, 0) is 16.6 Å². The van der Waals surface area contributed by atoms with Gasteiger partial charge in [-0.15, -0.1) is 0 Å². The van der Waals surface area contributed by atoms with Crippen LogP contribution in [0.4, 0.5) is 5.69 Å². The van der Waals surface area contributed by atoms with Crippen molar-refractivity contribution >= 4 is 15.7 Å². The standard InChI is InChI=1S/C14H19N3O3S/c1-8-5-12(15)13(6-9(8)2)21(18,19)16-7-14-17-10(3)11(4)20-14/h5-6,16H,7,15H2,1-4H3. The van der Waals surface area contributed by atoms with Crippen LogP contribution < -0.4 is 10.5 Å². The summed E-state index contributed by atoms with van der Waals surface area (Å²) >= 11 is 0. The molecule has 0 spiro atoms. The molecule has 1 aromatic carbocycles. The van der Waals surface area contributed by atoms with Gasteiger partial charge in [0.05, 0.1) is 17.9 Å². The van der Waals surface area contributed by atoms with E-state index in [0.29, 0.717) is 11.7 Å². The van der Waals surface area contributed by atoms with Crippen molar-refractivity contribution < 1.29 is 12.8 Å². The summed E-state index contributed by atoms with van der Waals surface area (Å²) in [7, 11) is -3.71. The van der Waals surface area contributed by atoms with Gasteiger partial charge < -0.3 is 10.2 Å². The van der Waals surface area contributed by atoms with Gasteiger partial charge in [-0.3, -0.25) is 0 Å². The lowest BCUT2D eigenvalue weighted by molar-refractivity contribution is 0.463. The molecule has 21 heavy (non-hydrogen) atoms. The lowest BCUT2D eigenvalue weighted by atomic mass is 10.1. The number of sulfonamides is 1. The van der Waals surface area contributed by atoms with E-state index < -0.39 is 10.0 Å². The van der Waals surface area contributed by atoms with Crippen LogP contribution in [0.5, 0.6) is 0 Å². The summed E-state index contributed by atoms with van der Waals surface area (Å²) < 4.78 is 32.4. The Hall–Kier alpha value is -1.86. The molecule has 2 aromatic rings. The van der Waals surface area contributed by atoms with E-state index in [1.54, 1.807) is 26.0 Å². The van der Waals surface area contributed by atoms with E-state index in [-0.39, 0.29) is 17.1 Å². The molecule has 0 fully saturated rings. The smallest absolute Gasteiger partial charge is 0.243 e. The third kappa shape index (κ3) is 3.25. The summed E-state index contributed by atoms with van der Waals surface area (Å²) in [4.78, 5) is 4.21. The van der Waals surface area contributed by atoms with Crippen LogP contribution in [0.15, 0.2) is 21.4 Å². The second-order valence-corrected chi connectivity index (χ2v) is 6.78. The van der Waals surface area contributed by atoms with Crippen molar-refractivity contribution in [3.8, 4) is 0 Å². The van der Waals surface area contributed by atoms with Gasteiger partial charge in [0.2, 0.25) is 15.9 Å². The summed E-state index contributed by atoms with van der Waals surface area (Å²) in [6, 6.07) is 3.22. The number of nitrogens with zero attached hydrogens (tertiary/aromatic N) is 1. The number of aromatic nitrogens is 1. The molecule has 0 atom stereocenters. The molecule has 114 valence electrons. The Morgan fingerprint density at radius 3 is 2.38 bits per heavy atom. The van der Waals surface area contributed by atoms with Crippen molar-refractivity contribution in [3.63, 3.8) is 0 Å². The van der Waals surface area contributed by atoms with Gasteiger partial charge in [0.25, 0.3) is 0 Å². The minimum absolute atomic E-state index is 0.0105.